The number of aliphatic hydroxyl groups is 1. The van der Waals surface area contributed by atoms with Crippen LogP contribution in [0.3, 0.4) is 0 Å². The van der Waals surface area contributed by atoms with Crippen molar-refractivity contribution in [1.29, 1.82) is 0 Å². The Hall–Kier alpha value is -1.10. The van der Waals surface area contributed by atoms with E-state index in [-0.39, 0.29) is 5.60 Å². The second kappa shape index (κ2) is 9.13. The summed E-state index contributed by atoms with van der Waals surface area (Å²) in [6.07, 6.45) is 0.577. The number of methoxy groups -OCH3 is 1. The lowest BCUT2D eigenvalue weighted by molar-refractivity contribution is -0.0566. The molecule has 0 aliphatic carbocycles. The van der Waals surface area contributed by atoms with Crippen LogP contribution in [0.15, 0.2) is 24.3 Å². The Balaban J connectivity index is 2.57. The highest BCUT2D eigenvalue weighted by Crippen LogP contribution is 2.15. The summed E-state index contributed by atoms with van der Waals surface area (Å²) in [5.41, 5.74) is 0.973. The fraction of sp³-hybridized carbons (Fsp3) is 0.667. The molecule has 22 heavy (non-hydrogen) atoms. The van der Waals surface area contributed by atoms with Crippen molar-refractivity contribution in [2.24, 2.45) is 0 Å². The molecule has 0 heterocycles. The summed E-state index contributed by atoms with van der Waals surface area (Å²) in [7, 11) is 1.68. The van der Waals surface area contributed by atoms with E-state index < -0.39 is 6.10 Å². The molecule has 1 atom stereocenters. The first-order valence-electron chi connectivity index (χ1n) is 8.01. The highest BCUT2D eigenvalue weighted by Gasteiger charge is 2.16. The lowest BCUT2D eigenvalue weighted by Crippen LogP contribution is -2.37. The topological polar surface area (TPSA) is 41.9 Å². The molecule has 1 N–H and O–H groups in total. The molecule has 4 nitrogen and oxygen atoms in total. The minimum Gasteiger partial charge on any atom is -0.497 e. The normalized spacial score (nSPS) is 13.4. The third-order valence-electron chi connectivity index (χ3n) is 3.26. The van der Waals surface area contributed by atoms with Gasteiger partial charge in [-0.2, -0.15) is 0 Å². The van der Waals surface area contributed by atoms with Gasteiger partial charge in [-0.1, -0.05) is 19.1 Å². The van der Waals surface area contributed by atoms with Crippen molar-refractivity contribution in [3.63, 3.8) is 0 Å². The number of aliphatic hydroxyl groups excluding tert-OH is 1. The van der Waals surface area contributed by atoms with Crippen LogP contribution in [0.4, 0.5) is 0 Å². The van der Waals surface area contributed by atoms with Gasteiger partial charge < -0.3 is 14.6 Å². The zero-order valence-corrected chi connectivity index (χ0v) is 14.6. The third-order valence-corrected chi connectivity index (χ3v) is 3.26. The standard InChI is InChI=1S/C18H31NO3/c1-6-10-19(13-16(20)14-22-18(2,3)4)12-15-8-7-9-17(11-15)21-5/h7-9,11,16,20H,6,10,12-14H2,1-5H3/t16-/m1/s1. The Morgan fingerprint density at radius 2 is 2.00 bits per heavy atom. The molecule has 0 saturated carbocycles. The van der Waals surface area contributed by atoms with Gasteiger partial charge in [0.15, 0.2) is 0 Å². The van der Waals surface area contributed by atoms with Crippen molar-refractivity contribution in [3.8, 4) is 5.75 Å². The number of ether oxygens (including phenoxy) is 2. The van der Waals surface area contributed by atoms with E-state index in [0.717, 1.165) is 25.3 Å². The molecule has 0 radical (unpaired) electrons. The Kier molecular flexibility index (Phi) is 7.87. The van der Waals surface area contributed by atoms with E-state index >= 15 is 0 Å². The SMILES string of the molecule is CCCN(Cc1cccc(OC)c1)C[C@@H](O)COC(C)(C)C. The zero-order chi connectivity index (χ0) is 16.6. The van der Waals surface area contributed by atoms with Crippen molar-refractivity contribution in [2.75, 3.05) is 26.8 Å². The fourth-order valence-electron chi connectivity index (χ4n) is 2.28. The number of benzene rings is 1. The third kappa shape index (κ3) is 7.78. The molecule has 1 aromatic carbocycles. The summed E-state index contributed by atoms with van der Waals surface area (Å²) in [4.78, 5) is 2.26. The van der Waals surface area contributed by atoms with E-state index in [1.807, 2.05) is 39.0 Å². The second-order valence-corrected chi connectivity index (χ2v) is 6.66. The molecule has 0 spiro atoms. The molecule has 1 rings (SSSR count). The molecule has 0 aromatic heterocycles. The number of nitrogens with zero attached hydrogens (tertiary/aromatic N) is 1. The maximum Gasteiger partial charge on any atom is 0.119 e. The molecule has 0 amide bonds. The van der Waals surface area contributed by atoms with Gasteiger partial charge >= 0.3 is 0 Å². The van der Waals surface area contributed by atoms with Crippen LogP contribution in [0.1, 0.15) is 39.7 Å². The van der Waals surface area contributed by atoms with Gasteiger partial charge in [0, 0.05) is 13.1 Å². The average Bonchev–Trinajstić information content (AvgIpc) is 2.45. The van der Waals surface area contributed by atoms with Gasteiger partial charge in [-0.15, -0.1) is 0 Å². The Labute approximate surface area is 135 Å². The van der Waals surface area contributed by atoms with Gasteiger partial charge in [0.05, 0.1) is 25.4 Å². The Bertz CT molecular complexity index is 429. The van der Waals surface area contributed by atoms with E-state index in [0.29, 0.717) is 13.2 Å². The number of rotatable bonds is 9. The van der Waals surface area contributed by atoms with E-state index in [1.165, 1.54) is 5.56 Å². The number of hydrogen-bond acceptors (Lipinski definition) is 4. The molecule has 126 valence electrons. The van der Waals surface area contributed by atoms with E-state index in [9.17, 15) is 5.11 Å². The maximum atomic E-state index is 10.2. The van der Waals surface area contributed by atoms with Crippen LogP contribution in [0.2, 0.25) is 0 Å². The molecule has 0 bridgehead atoms. The van der Waals surface area contributed by atoms with Gasteiger partial charge in [0.25, 0.3) is 0 Å². The van der Waals surface area contributed by atoms with Gasteiger partial charge in [-0.3, -0.25) is 4.90 Å². The summed E-state index contributed by atoms with van der Waals surface area (Å²) in [6.45, 7) is 10.9. The average molecular weight is 309 g/mol. The summed E-state index contributed by atoms with van der Waals surface area (Å²) in [5, 5.41) is 10.2. The molecular formula is C18H31NO3. The van der Waals surface area contributed by atoms with Crippen LogP contribution >= 0.6 is 0 Å². The molecule has 0 unspecified atom stereocenters. The van der Waals surface area contributed by atoms with Gasteiger partial charge in [0.1, 0.15) is 5.75 Å². The van der Waals surface area contributed by atoms with Crippen LogP contribution in [-0.2, 0) is 11.3 Å². The molecule has 0 saturated heterocycles. The molecule has 4 heteroatoms. The summed E-state index contributed by atoms with van der Waals surface area (Å²) >= 11 is 0. The predicted octanol–water partition coefficient (Wildman–Crippen LogP) is 3.08. The molecule has 0 aliphatic heterocycles. The minimum absolute atomic E-state index is 0.219. The Morgan fingerprint density at radius 1 is 1.27 bits per heavy atom. The van der Waals surface area contributed by atoms with Crippen LogP contribution in [0.25, 0.3) is 0 Å². The first kappa shape index (κ1) is 18.9. The quantitative estimate of drug-likeness (QED) is 0.761. The van der Waals surface area contributed by atoms with Gasteiger partial charge in [-0.25, -0.2) is 0 Å². The highest BCUT2D eigenvalue weighted by atomic mass is 16.5. The smallest absolute Gasteiger partial charge is 0.119 e. The van der Waals surface area contributed by atoms with Crippen LogP contribution in [-0.4, -0.2) is 48.5 Å². The summed E-state index contributed by atoms with van der Waals surface area (Å²) in [6, 6.07) is 8.07. The van der Waals surface area contributed by atoms with Gasteiger partial charge in [-0.05, 0) is 51.4 Å². The minimum atomic E-state index is -0.476. The summed E-state index contributed by atoms with van der Waals surface area (Å²) in [5.74, 6) is 0.866. The predicted molar refractivity (Wildman–Crippen MR) is 90.3 cm³/mol. The van der Waals surface area contributed by atoms with Crippen LogP contribution in [0.5, 0.6) is 5.75 Å². The first-order chi connectivity index (χ1) is 10.3. The molecule has 0 fully saturated rings. The highest BCUT2D eigenvalue weighted by molar-refractivity contribution is 5.28. The Morgan fingerprint density at radius 3 is 2.59 bits per heavy atom. The maximum absolute atomic E-state index is 10.2. The fourth-order valence-corrected chi connectivity index (χ4v) is 2.28. The first-order valence-corrected chi connectivity index (χ1v) is 8.01. The van der Waals surface area contributed by atoms with Crippen molar-refractivity contribution in [3.05, 3.63) is 29.8 Å². The van der Waals surface area contributed by atoms with Crippen molar-refractivity contribution in [2.45, 2.75) is 52.4 Å². The van der Waals surface area contributed by atoms with Crippen molar-refractivity contribution < 1.29 is 14.6 Å². The van der Waals surface area contributed by atoms with E-state index in [2.05, 4.69) is 17.9 Å². The lowest BCUT2D eigenvalue weighted by Gasteiger charge is -2.27. The largest absolute Gasteiger partial charge is 0.497 e. The number of hydrogen-bond donors (Lipinski definition) is 1. The van der Waals surface area contributed by atoms with Crippen molar-refractivity contribution >= 4 is 0 Å². The van der Waals surface area contributed by atoms with E-state index in [1.54, 1.807) is 7.11 Å². The van der Waals surface area contributed by atoms with Crippen molar-refractivity contribution in [1.82, 2.24) is 4.90 Å². The second-order valence-electron chi connectivity index (χ2n) is 6.66. The lowest BCUT2D eigenvalue weighted by atomic mass is 10.1. The zero-order valence-electron chi connectivity index (χ0n) is 14.6. The van der Waals surface area contributed by atoms with Crippen LogP contribution in [0, 0.1) is 0 Å². The molecule has 1 aromatic rings. The monoisotopic (exact) mass is 309 g/mol. The molecule has 0 aliphatic rings. The summed E-state index contributed by atoms with van der Waals surface area (Å²) < 4.78 is 10.9. The molecular weight excluding hydrogens is 278 g/mol. The van der Waals surface area contributed by atoms with Gasteiger partial charge in [0.2, 0.25) is 0 Å². The van der Waals surface area contributed by atoms with Crippen LogP contribution < -0.4 is 4.74 Å². The van der Waals surface area contributed by atoms with E-state index in [4.69, 9.17) is 9.47 Å².